The number of aliphatic carboxylic acids is 1. The molecule has 1 heterocycles. The fourth-order valence-electron chi connectivity index (χ4n) is 1.62. The summed E-state index contributed by atoms with van der Waals surface area (Å²) in [6, 6.07) is -1.04. The highest BCUT2D eigenvalue weighted by molar-refractivity contribution is 5.85. The molecule has 0 bridgehead atoms. The number of methoxy groups -OCH3 is 1. The molecule has 7 heteroatoms. The number of nitrogens with two attached hydrogens (primary N) is 1. The van der Waals surface area contributed by atoms with E-state index in [0.29, 0.717) is 19.6 Å². The Bertz CT molecular complexity index is 288. The third-order valence-corrected chi connectivity index (χ3v) is 2.82. The third-order valence-electron chi connectivity index (χ3n) is 2.82. The zero-order valence-corrected chi connectivity index (χ0v) is 9.77. The van der Waals surface area contributed by atoms with Gasteiger partial charge in [0.2, 0.25) is 5.91 Å². The van der Waals surface area contributed by atoms with Gasteiger partial charge >= 0.3 is 5.97 Å². The number of carbonyl (C=O) groups excluding carboxylic acids is 1. The quantitative estimate of drug-likeness (QED) is 0.538. The number of carboxylic acid groups (broad SMARTS) is 1. The average Bonchev–Trinajstić information content (AvgIpc) is 2.74. The monoisotopic (exact) mass is 246 g/mol. The molecular formula is C10H18N2O5. The number of carboxylic acids is 1. The largest absolute Gasteiger partial charge is 0.481 e. The summed E-state index contributed by atoms with van der Waals surface area (Å²) in [6.07, 6.45) is 0.306. The second kappa shape index (κ2) is 5.95. The third kappa shape index (κ3) is 3.95. The number of hydrogen-bond acceptors (Lipinski definition) is 5. The van der Waals surface area contributed by atoms with Crippen molar-refractivity contribution in [3.05, 3.63) is 0 Å². The van der Waals surface area contributed by atoms with E-state index in [9.17, 15) is 9.59 Å². The summed E-state index contributed by atoms with van der Waals surface area (Å²) in [7, 11) is 1.55. The molecule has 0 spiro atoms. The molecule has 0 aromatic carbocycles. The Morgan fingerprint density at radius 1 is 1.65 bits per heavy atom. The zero-order valence-electron chi connectivity index (χ0n) is 9.77. The molecule has 7 nitrogen and oxygen atoms in total. The van der Waals surface area contributed by atoms with Gasteiger partial charge in [0, 0.05) is 26.7 Å². The second-order valence-corrected chi connectivity index (χ2v) is 4.11. The van der Waals surface area contributed by atoms with Gasteiger partial charge in [-0.2, -0.15) is 0 Å². The maximum atomic E-state index is 11.5. The standard InChI is InChI=1S/C10H18N2O5/c1-16-10(2-3-17-6-10)5-12-9(15)7(11)4-8(13)14/h7H,2-6,11H2,1H3,(H,12,15)(H,13,14). The SMILES string of the molecule is COC1(CNC(=O)C(N)CC(=O)O)CCOC1. The van der Waals surface area contributed by atoms with Gasteiger partial charge in [0.05, 0.1) is 19.1 Å². The van der Waals surface area contributed by atoms with Crippen molar-refractivity contribution in [2.24, 2.45) is 5.73 Å². The summed E-state index contributed by atoms with van der Waals surface area (Å²) in [5.74, 6) is -1.59. The predicted molar refractivity (Wildman–Crippen MR) is 58.4 cm³/mol. The van der Waals surface area contributed by atoms with E-state index >= 15 is 0 Å². The summed E-state index contributed by atoms with van der Waals surface area (Å²) >= 11 is 0. The van der Waals surface area contributed by atoms with Crippen LogP contribution in [0.4, 0.5) is 0 Å². The second-order valence-electron chi connectivity index (χ2n) is 4.11. The molecule has 1 rings (SSSR count). The molecule has 1 aliphatic heterocycles. The Kier molecular flexibility index (Phi) is 4.86. The van der Waals surface area contributed by atoms with Crippen LogP contribution in [0.3, 0.4) is 0 Å². The van der Waals surface area contributed by atoms with E-state index < -0.39 is 23.5 Å². The van der Waals surface area contributed by atoms with Crippen molar-refractivity contribution in [1.29, 1.82) is 0 Å². The van der Waals surface area contributed by atoms with Crippen LogP contribution in [0.2, 0.25) is 0 Å². The van der Waals surface area contributed by atoms with Crippen molar-refractivity contribution >= 4 is 11.9 Å². The first-order chi connectivity index (χ1) is 7.99. The molecule has 0 aromatic heterocycles. The number of carbonyl (C=O) groups is 2. The van der Waals surface area contributed by atoms with Gasteiger partial charge in [-0.25, -0.2) is 0 Å². The molecular weight excluding hydrogens is 228 g/mol. The van der Waals surface area contributed by atoms with Gasteiger partial charge in [-0.15, -0.1) is 0 Å². The summed E-state index contributed by atoms with van der Waals surface area (Å²) in [5, 5.41) is 11.1. The summed E-state index contributed by atoms with van der Waals surface area (Å²) in [6.45, 7) is 1.28. The first-order valence-electron chi connectivity index (χ1n) is 5.37. The van der Waals surface area contributed by atoms with Crippen LogP contribution in [0, 0.1) is 0 Å². The van der Waals surface area contributed by atoms with Gasteiger partial charge in [-0.3, -0.25) is 9.59 Å². The maximum absolute atomic E-state index is 11.5. The van der Waals surface area contributed by atoms with Crippen LogP contribution < -0.4 is 11.1 Å². The average molecular weight is 246 g/mol. The Morgan fingerprint density at radius 3 is 2.82 bits per heavy atom. The summed E-state index contributed by atoms with van der Waals surface area (Å²) in [5.41, 5.74) is 4.91. The van der Waals surface area contributed by atoms with Crippen LogP contribution in [0.25, 0.3) is 0 Å². The fourth-order valence-corrected chi connectivity index (χ4v) is 1.62. The first-order valence-corrected chi connectivity index (χ1v) is 5.37. The summed E-state index contributed by atoms with van der Waals surface area (Å²) in [4.78, 5) is 21.9. The van der Waals surface area contributed by atoms with Crippen molar-refractivity contribution in [1.82, 2.24) is 5.32 Å². The molecule has 0 saturated carbocycles. The van der Waals surface area contributed by atoms with Crippen LogP contribution in [0.5, 0.6) is 0 Å². The first kappa shape index (κ1) is 13.9. The van der Waals surface area contributed by atoms with E-state index in [1.807, 2.05) is 0 Å². The molecule has 4 N–H and O–H groups in total. The molecule has 0 aromatic rings. The number of ether oxygens (including phenoxy) is 2. The van der Waals surface area contributed by atoms with Crippen LogP contribution in [-0.4, -0.2) is 55.5 Å². The summed E-state index contributed by atoms with van der Waals surface area (Å²) < 4.78 is 10.5. The highest BCUT2D eigenvalue weighted by Crippen LogP contribution is 2.21. The van der Waals surface area contributed by atoms with Crippen molar-refractivity contribution in [3.63, 3.8) is 0 Å². The van der Waals surface area contributed by atoms with Crippen LogP contribution in [0.15, 0.2) is 0 Å². The van der Waals surface area contributed by atoms with E-state index in [0.717, 1.165) is 0 Å². The van der Waals surface area contributed by atoms with Gasteiger partial charge in [0.15, 0.2) is 0 Å². The van der Waals surface area contributed by atoms with E-state index in [1.165, 1.54) is 0 Å². The number of hydrogen-bond donors (Lipinski definition) is 3. The fraction of sp³-hybridized carbons (Fsp3) is 0.800. The highest BCUT2D eigenvalue weighted by atomic mass is 16.5. The van der Waals surface area contributed by atoms with E-state index in [2.05, 4.69) is 5.32 Å². The van der Waals surface area contributed by atoms with Crippen molar-refractivity contribution in [2.45, 2.75) is 24.5 Å². The Labute approximate surface area is 99.3 Å². The number of amides is 1. The Hall–Kier alpha value is -1.18. The van der Waals surface area contributed by atoms with Gasteiger partial charge in [-0.05, 0) is 0 Å². The predicted octanol–water partition coefficient (Wildman–Crippen LogP) is -1.29. The molecule has 1 fully saturated rings. The van der Waals surface area contributed by atoms with Gasteiger partial charge < -0.3 is 25.6 Å². The topological polar surface area (TPSA) is 111 Å². The molecule has 98 valence electrons. The van der Waals surface area contributed by atoms with Crippen LogP contribution in [0.1, 0.15) is 12.8 Å². The normalized spacial score (nSPS) is 25.5. The van der Waals surface area contributed by atoms with E-state index in [4.69, 9.17) is 20.3 Å². The Balaban J connectivity index is 2.38. The highest BCUT2D eigenvalue weighted by Gasteiger charge is 2.35. The van der Waals surface area contributed by atoms with Crippen molar-refractivity contribution < 1.29 is 24.2 Å². The van der Waals surface area contributed by atoms with Crippen LogP contribution >= 0.6 is 0 Å². The van der Waals surface area contributed by atoms with E-state index in [1.54, 1.807) is 7.11 Å². The molecule has 1 saturated heterocycles. The van der Waals surface area contributed by atoms with Crippen molar-refractivity contribution in [2.75, 3.05) is 26.9 Å². The minimum atomic E-state index is -1.10. The lowest BCUT2D eigenvalue weighted by atomic mass is 10.0. The smallest absolute Gasteiger partial charge is 0.305 e. The number of nitrogens with one attached hydrogen (secondary N) is 1. The van der Waals surface area contributed by atoms with Gasteiger partial charge in [-0.1, -0.05) is 0 Å². The molecule has 2 atom stereocenters. The molecule has 1 aliphatic rings. The van der Waals surface area contributed by atoms with Gasteiger partial charge in [0.1, 0.15) is 5.60 Å². The molecule has 1 amide bonds. The van der Waals surface area contributed by atoms with Gasteiger partial charge in [0.25, 0.3) is 0 Å². The lowest BCUT2D eigenvalue weighted by Crippen LogP contribution is -2.50. The molecule has 2 unspecified atom stereocenters. The number of rotatable bonds is 6. The van der Waals surface area contributed by atoms with Crippen molar-refractivity contribution in [3.8, 4) is 0 Å². The molecule has 17 heavy (non-hydrogen) atoms. The Morgan fingerprint density at radius 2 is 2.35 bits per heavy atom. The molecule has 0 radical (unpaired) electrons. The lowest BCUT2D eigenvalue weighted by Gasteiger charge is -2.26. The molecule has 0 aliphatic carbocycles. The van der Waals surface area contributed by atoms with E-state index in [-0.39, 0.29) is 13.0 Å². The maximum Gasteiger partial charge on any atom is 0.305 e. The zero-order chi connectivity index (χ0) is 12.9. The lowest BCUT2D eigenvalue weighted by molar-refractivity contribution is -0.139. The minimum absolute atomic E-state index is 0.273. The minimum Gasteiger partial charge on any atom is -0.481 e. The van der Waals surface area contributed by atoms with Crippen LogP contribution in [-0.2, 0) is 19.1 Å².